The molecule has 0 aliphatic rings. The molecule has 0 unspecified atom stereocenters. The van der Waals surface area contributed by atoms with E-state index in [1.54, 1.807) is 6.21 Å². The summed E-state index contributed by atoms with van der Waals surface area (Å²) in [5, 5.41) is 7.69. The molecule has 3 aromatic rings. The van der Waals surface area contributed by atoms with E-state index in [-0.39, 0.29) is 0 Å². The largest absolute Gasteiger partial charge is 0.488 e. The van der Waals surface area contributed by atoms with Crippen molar-refractivity contribution in [2.45, 2.75) is 6.61 Å². The summed E-state index contributed by atoms with van der Waals surface area (Å²) in [4.78, 5) is 0. The predicted molar refractivity (Wildman–Crippen MR) is 118 cm³/mol. The number of hydrogen-bond acceptors (Lipinski definition) is 3. The topological polar surface area (TPSA) is 45.7 Å². The number of halogens is 1. The summed E-state index contributed by atoms with van der Waals surface area (Å²) in [5.74, 6) is 0.757. The Morgan fingerprint density at radius 3 is 2.44 bits per heavy atom. The van der Waals surface area contributed by atoms with Crippen molar-refractivity contribution < 1.29 is 4.74 Å². The van der Waals surface area contributed by atoms with Gasteiger partial charge in [0.2, 0.25) is 0 Å². The van der Waals surface area contributed by atoms with Gasteiger partial charge in [0.05, 0.1) is 6.21 Å². The monoisotopic (exact) mass is 439 g/mol. The van der Waals surface area contributed by atoms with E-state index in [9.17, 15) is 0 Å². The first kappa shape index (κ1) is 19.1. The number of benzene rings is 3. The molecule has 0 spiro atoms. The average Bonchev–Trinajstić information content (AvgIpc) is 2.69. The Labute approximate surface area is 172 Å². The van der Waals surface area contributed by atoms with Crippen LogP contribution in [0.2, 0.25) is 0 Å². The Bertz CT molecular complexity index is 914. The second-order valence-corrected chi connectivity index (χ2v) is 6.97. The number of nitrogens with zero attached hydrogens (tertiary/aromatic N) is 1. The summed E-state index contributed by atoms with van der Waals surface area (Å²) in [6, 6.07) is 25.5. The predicted octanol–water partition coefficient (Wildman–Crippen LogP) is 5.35. The van der Waals surface area contributed by atoms with Gasteiger partial charge in [0, 0.05) is 15.7 Å². The van der Waals surface area contributed by atoms with E-state index >= 15 is 0 Å². The number of anilines is 1. The first-order chi connectivity index (χ1) is 13.2. The van der Waals surface area contributed by atoms with Crippen molar-refractivity contribution in [1.82, 2.24) is 5.43 Å². The summed E-state index contributed by atoms with van der Waals surface area (Å²) in [6.07, 6.45) is 1.69. The quantitative estimate of drug-likeness (QED) is 0.308. The molecular formula is C21H18BrN3OS. The first-order valence-corrected chi connectivity index (χ1v) is 9.52. The highest BCUT2D eigenvalue weighted by Gasteiger charge is 2.02. The lowest BCUT2D eigenvalue weighted by Crippen LogP contribution is -2.23. The van der Waals surface area contributed by atoms with Crippen LogP contribution >= 0.6 is 28.1 Å². The summed E-state index contributed by atoms with van der Waals surface area (Å²) in [5.41, 5.74) is 5.68. The lowest BCUT2D eigenvalue weighted by Gasteiger charge is -2.09. The zero-order valence-corrected chi connectivity index (χ0v) is 16.8. The van der Waals surface area contributed by atoms with E-state index in [1.165, 1.54) is 0 Å². The Kier molecular flexibility index (Phi) is 6.96. The van der Waals surface area contributed by atoms with E-state index in [4.69, 9.17) is 17.0 Å². The molecule has 136 valence electrons. The Morgan fingerprint density at radius 1 is 0.963 bits per heavy atom. The maximum atomic E-state index is 5.93. The highest BCUT2D eigenvalue weighted by molar-refractivity contribution is 9.10. The average molecular weight is 440 g/mol. The minimum atomic E-state index is 0.422. The molecule has 2 N–H and O–H groups in total. The maximum Gasteiger partial charge on any atom is 0.191 e. The molecule has 0 aromatic heterocycles. The van der Waals surface area contributed by atoms with E-state index in [1.807, 2.05) is 78.9 Å². The number of para-hydroxylation sites is 2. The van der Waals surface area contributed by atoms with Crippen LogP contribution in [-0.2, 0) is 6.61 Å². The van der Waals surface area contributed by atoms with Crippen molar-refractivity contribution in [2.75, 3.05) is 5.32 Å². The van der Waals surface area contributed by atoms with Crippen molar-refractivity contribution in [3.05, 3.63) is 94.5 Å². The SMILES string of the molecule is S=C(NN=Cc1ccccc1OCc1ccc(Br)cc1)Nc1ccccc1. The van der Waals surface area contributed by atoms with Gasteiger partial charge in [-0.3, -0.25) is 5.43 Å². The molecule has 27 heavy (non-hydrogen) atoms. The molecule has 0 atom stereocenters. The lowest BCUT2D eigenvalue weighted by atomic mass is 10.2. The minimum Gasteiger partial charge on any atom is -0.488 e. The highest BCUT2D eigenvalue weighted by atomic mass is 79.9. The molecule has 0 aliphatic carbocycles. The molecular weight excluding hydrogens is 422 g/mol. The van der Waals surface area contributed by atoms with Crippen molar-refractivity contribution in [3.63, 3.8) is 0 Å². The smallest absolute Gasteiger partial charge is 0.191 e. The zero-order valence-electron chi connectivity index (χ0n) is 14.4. The van der Waals surface area contributed by atoms with E-state index in [0.29, 0.717) is 11.7 Å². The van der Waals surface area contributed by atoms with Crippen LogP contribution in [0.3, 0.4) is 0 Å². The van der Waals surface area contributed by atoms with Crippen LogP contribution in [-0.4, -0.2) is 11.3 Å². The summed E-state index contributed by atoms with van der Waals surface area (Å²) < 4.78 is 6.98. The molecule has 0 bridgehead atoms. The molecule has 6 heteroatoms. The van der Waals surface area contributed by atoms with Gasteiger partial charge in [-0.2, -0.15) is 5.10 Å². The Morgan fingerprint density at radius 2 is 1.67 bits per heavy atom. The first-order valence-electron chi connectivity index (χ1n) is 8.32. The van der Waals surface area contributed by atoms with Gasteiger partial charge in [0.25, 0.3) is 0 Å². The lowest BCUT2D eigenvalue weighted by molar-refractivity contribution is 0.306. The second-order valence-electron chi connectivity index (χ2n) is 5.64. The van der Waals surface area contributed by atoms with Crippen molar-refractivity contribution in [2.24, 2.45) is 5.10 Å². The van der Waals surface area contributed by atoms with E-state index in [2.05, 4.69) is 31.8 Å². The fourth-order valence-corrected chi connectivity index (χ4v) is 2.74. The summed E-state index contributed by atoms with van der Waals surface area (Å²) in [6.45, 7) is 0.486. The fraction of sp³-hybridized carbons (Fsp3) is 0.0476. The Hall–Kier alpha value is -2.70. The van der Waals surface area contributed by atoms with Crippen LogP contribution in [0.5, 0.6) is 5.75 Å². The molecule has 4 nitrogen and oxygen atoms in total. The number of ether oxygens (including phenoxy) is 1. The van der Waals surface area contributed by atoms with Gasteiger partial charge in [-0.05, 0) is 54.2 Å². The van der Waals surface area contributed by atoms with Gasteiger partial charge in [-0.25, -0.2) is 0 Å². The van der Waals surface area contributed by atoms with Crippen molar-refractivity contribution in [3.8, 4) is 5.75 Å². The third-order valence-electron chi connectivity index (χ3n) is 3.63. The van der Waals surface area contributed by atoms with Crippen LogP contribution in [0.4, 0.5) is 5.69 Å². The Balaban J connectivity index is 1.57. The van der Waals surface area contributed by atoms with E-state index in [0.717, 1.165) is 27.0 Å². The van der Waals surface area contributed by atoms with Crippen LogP contribution < -0.4 is 15.5 Å². The molecule has 0 radical (unpaired) electrons. The molecule has 0 heterocycles. The van der Waals surface area contributed by atoms with Crippen molar-refractivity contribution >= 4 is 45.2 Å². The number of nitrogens with one attached hydrogen (secondary N) is 2. The second kappa shape index (κ2) is 9.85. The van der Waals surface area contributed by atoms with Gasteiger partial charge >= 0.3 is 0 Å². The molecule has 0 aliphatic heterocycles. The standard InChI is InChI=1S/C21H18BrN3OS/c22-18-12-10-16(11-13-18)15-26-20-9-5-4-6-17(20)14-23-25-21(27)24-19-7-2-1-3-8-19/h1-14H,15H2,(H2,24,25,27). The third-order valence-corrected chi connectivity index (χ3v) is 4.35. The van der Waals surface area contributed by atoms with Crippen LogP contribution in [0, 0.1) is 0 Å². The number of thiocarbonyl (C=S) groups is 1. The summed E-state index contributed by atoms with van der Waals surface area (Å²) in [7, 11) is 0. The number of hydrogen-bond donors (Lipinski definition) is 2. The molecule has 0 saturated carbocycles. The molecule has 3 aromatic carbocycles. The molecule has 0 saturated heterocycles. The van der Waals surface area contributed by atoms with Gasteiger partial charge in [-0.15, -0.1) is 0 Å². The van der Waals surface area contributed by atoms with E-state index < -0.39 is 0 Å². The molecule has 3 rings (SSSR count). The molecule has 0 amide bonds. The highest BCUT2D eigenvalue weighted by Crippen LogP contribution is 2.18. The normalized spacial score (nSPS) is 10.6. The van der Waals surface area contributed by atoms with Crippen LogP contribution in [0.25, 0.3) is 0 Å². The van der Waals surface area contributed by atoms with Crippen LogP contribution in [0.1, 0.15) is 11.1 Å². The van der Waals surface area contributed by atoms with Gasteiger partial charge in [0.1, 0.15) is 12.4 Å². The summed E-state index contributed by atoms with van der Waals surface area (Å²) >= 11 is 8.67. The number of hydrazone groups is 1. The zero-order chi connectivity index (χ0) is 18.9. The third kappa shape index (κ3) is 6.20. The maximum absolute atomic E-state index is 5.93. The number of rotatable bonds is 6. The van der Waals surface area contributed by atoms with Gasteiger partial charge < -0.3 is 10.1 Å². The minimum absolute atomic E-state index is 0.422. The van der Waals surface area contributed by atoms with Crippen molar-refractivity contribution in [1.29, 1.82) is 0 Å². The van der Waals surface area contributed by atoms with Crippen LogP contribution in [0.15, 0.2) is 88.4 Å². The fourth-order valence-electron chi connectivity index (χ4n) is 2.30. The van der Waals surface area contributed by atoms with Gasteiger partial charge in [-0.1, -0.05) is 58.4 Å². The van der Waals surface area contributed by atoms with Gasteiger partial charge in [0.15, 0.2) is 5.11 Å². The molecule has 0 fully saturated rings.